The summed E-state index contributed by atoms with van der Waals surface area (Å²) in [4.78, 5) is 17.7. The van der Waals surface area contributed by atoms with Crippen LogP contribution in [-0.2, 0) is 4.79 Å². The van der Waals surface area contributed by atoms with Crippen molar-refractivity contribution < 1.29 is 9.53 Å². The van der Waals surface area contributed by atoms with Crippen LogP contribution < -0.4 is 10.1 Å². The summed E-state index contributed by atoms with van der Waals surface area (Å²) in [5.74, 6) is 1.08. The number of thioether (sulfide) groups is 1. The van der Waals surface area contributed by atoms with Crippen molar-refractivity contribution in [2.75, 3.05) is 18.2 Å². The summed E-state index contributed by atoms with van der Waals surface area (Å²) in [5.41, 5.74) is 4.40. The lowest BCUT2D eigenvalue weighted by Gasteiger charge is -2.04. The number of nitrogens with one attached hydrogen (secondary N) is 1. The van der Waals surface area contributed by atoms with Crippen LogP contribution in [0.25, 0.3) is 11.3 Å². The Bertz CT molecular complexity index is 904. The number of aromatic nitrogens is 1. The lowest BCUT2D eigenvalue weighted by atomic mass is 10.0. The minimum atomic E-state index is -0.0626. The van der Waals surface area contributed by atoms with E-state index in [1.165, 1.54) is 34.2 Å². The largest absolute Gasteiger partial charge is 0.497 e. The van der Waals surface area contributed by atoms with Gasteiger partial charge in [0.05, 0.1) is 18.6 Å². The molecule has 0 bridgehead atoms. The maximum Gasteiger partial charge on any atom is 0.236 e. The average Bonchev–Trinajstić information content (AvgIpc) is 3.08. The van der Waals surface area contributed by atoms with E-state index in [-0.39, 0.29) is 5.91 Å². The third kappa shape index (κ3) is 4.65. The number of ether oxygens (including phenoxy) is 1. The molecular formula is C20H20N2O2S2. The smallest absolute Gasteiger partial charge is 0.236 e. The lowest BCUT2D eigenvalue weighted by molar-refractivity contribution is -0.113. The molecule has 0 aliphatic carbocycles. The highest BCUT2D eigenvalue weighted by molar-refractivity contribution is 8.00. The summed E-state index contributed by atoms with van der Waals surface area (Å²) in [6.45, 7) is 4.15. The van der Waals surface area contributed by atoms with E-state index in [9.17, 15) is 4.79 Å². The molecule has 1 N–H and O–H groups in total. The van der Waals surface area contributed by atoms with E-state index in [1.54, 1.807) is 7.11 Å². The van der Waals surface area contributed by atoms with Gasteiger partial charge in [0.15, 0.2) is 5.13 Å². The van der Waals surface area contributed by atoms with Crippen LogP contribution in [0, 0.1) is 13.8 Å². The number of methoxy groups -OCH3 is 1. The highest BCUT2D eigenvalue weighted by Gasteiger charge is 2.10. The molecule has 0 radical (unpaired) electrons. The molecule has 1 heterocycles. The first-order valence-corrected chi connectivity index (χ1v) is 10.0. The quantitative estimate of drug-likeness (QED) is 0.596. The van der Waals surface area contributed by atoms with Crippen molar-refractivity contribution in [2.24, 2.45) is 0 Å². The highest BCUT2D eigenvalue weighted by atomic mass is 32.2. The molecule has 0 spiro atoms. The normalized spacial score (nSPS) is 10.6. The molecule has 1 amide bonds. The number of nitrogens with zero attached hydrogens (tertiary/aromatic N) is 1. The number of rotatable bonds is 6. The standard InChI is InChI=1S/C20H20N2O2S2/c1-13-4-9-17(14(2)10-13)18-11-26-20(21-18)22-19(23)12-25-16-7-5-15(24-3)6-8-16/h4-11H,12H2,1-3H3,(H,21,22,23). The highest BCUT2D eigenvalue weighted by Crippen LogP contribution is 2.28. The predicted molar refractivity (Wildman–Crippen MR) is 109 cm³/mol. The monoisotopic (exact) mass is 384 g/mol. The summed E-state index contributed by atoms with van der Waals surface area (Å²) in [7, 11) is 1.63. The first kappa shape index (κ1) is 18.5. The lowest BCUT2D eigenvalue weighted by Crippen LogP contribution is -2.13. The molecule has 134 valence electrons. The predicted octanol–water partition coefficient (Wildman–Crippen LogP) is 5.17. The molecule has 1 aromatic heterocycles. The van der Waals surface area contributed by atoms with Gasteiger partial charge in [-0.2, -0.15) is 0 Å². The molecule has 0 fully saturated rings. The number of hydrogen-bond donors (Lipinski definition) is 1. The van der Waals surface area contributed by atoms with Crippen molar-refractivity contribution in [3.8, 4) is 17.0 Å². The minimum Gasteiger partial charge on any atom is -0.497 e. The zero-order valence-electron chi connectivity index (χ0n) is 14.9. The van der Waals surface area contributed by atoms with Crippen molar-refractivity contribution in [2.45, 2.75) is 18.7 Å². The van der Waals surface area contributed by atoms with Crippen LogP contribution in [0.3, 0.4) is 0 Å². The van der Waals surface area contributed by atoms with Gasteiger partial charge in [-0.05, 0) is 43.7 Å². The Balaban J connectivity index is 1.58. The molecule has 0 atom stereocenters. The van der Waals surface area contributed by atoms with Gasteiger partial charge >= 0.3 is 0 Å². The van der Waals surface area contributed by atoms with Gasteiger partial charge in [-0.3, -0.25) is 4.79 Å². The van der Waals surface area contributed by atoms with Crippen LogP contribution in [-0.4, -0.2) is 23.8 Å². The Morgan fingerprint density at radius 2 is 1.96 bits per heavy atom. The Morgan fingerprint density at radius 3 is 2.65 bits per heavy atom. The van der Waals surface area contributed by atoms with Gasteiger partial charge in [0.25, 0.3) is 0 Å². The second kappa shape index (κ2) is 8.38. The topological polar surface area (TPSA) is 51.2 Å². The number of amides is 1. The van der Waals surface area contributed by atoms with Gasteiger partial charge in [-0.25, -0.2) is 4.98 Å². The Kier molecular flexibility index (Phi) is 5.96. The van der Waals surface area contributed by atoms with E-state index in [2.05, 4.69) is 42.3 Å². The maximum absolute atomic E-state index is 12.2. The Hall–Kier alpha value is -2.31. The number of carbonyl (C=O) groups excluding carboxylic acids is 1. The second-order valence-electron chi connectivity index (χ2n) is 5.87. The van der Waals surface area contributed by atoms with Crippen LogP contribution in [0.1, 0.15) is 11.1 Å². The molecule has 0 unspecified atom stereocenters. The number of thiazole rings is 1. The fraction of sp³-hybridized carbons (Fsp3) is 0.200. The van der Waals surface area contributed by atoms with Crippen molar-refractivity contribution in [3.63, 3.8) is 0 Å². The Morgan fingerprint density at radius 1 is 1.19 bits per heavy atom. The van der Waals surface area contributed by atoms with E-state index in [1.807, 2.05) is 29.6 Å². The molecule has 26 heavy (non-hydrogen) atoms. The van der Waals surface area contributed by atoms with Crippen LogP contribution in [0.4, 0.5) is 5.13 Å². The molecule has 2 aromatic carbocycles. The summed E-state index contributed by atoms with van der Waals surface area (Å²) in [5, 5.41) is 5.48. The zero-order chi connectivity index (χ0) is 18.5. The fourth-order valence-corrected chi connectivity index (χ4v) is 3.96. The molecule has 0 aliphatic heterocycles. The number of aryl methyl sites for hydroxylation is 2. The van der Waals surface area contributed by atoms with Crippen LogP contribution >= 0.6 is 23.1 Å². The number of anilines is 1. The number of hydrogen-bond acceptors (Lipinski definition) is 5. The van der Waals surface area contributed by atoms with Crippen LogP contribution in [0.5, 0.6) is 5.75 Å². The molecule has 4 nitrogen and oxygen atoms in total. The number of carbonyl (C=O) groups is 1. The minimum absolute atomic E-state index is 0.0626. The van der Waals surface area contributed by atoms with E-state index >= 15 is 0 Å². The third-order valence-corrected chi connectivity index (χ3v) is 5.61. The van der Waals surface area contributed by atoms with Gasteiger partial charge in [-0.1, -0.05) is 23.8 Å². The van der Waals surface area contributed by atoms with Gasteiger partial charge in [0.2, 0.25) is 5.91 Å². The van der Waals surface area contributed by atoms with E-state index in [0.29, 0.717) is 10.9 Å². The first-order chi connectivity index (χ1) is 12.5. The van der Waals surface area contributed by atoms with E-state index in [0.717, 1.165) is 21.9 Å². The molecule has 3 aromatic rings. The zero-order valence-corrected chi connectivity index (χ0v) is 16.5. The summed E-state index contributed by atoms with van der Waals surface area (Å²) >= 11 is 2.93. The van der Waals surface area contributed by atoms with E-state index < -0.39 is 0 Å². The maximum atomic E-state index is 12.2. The van der Waals surface area contributed by atoms with Gasteiger partial charge in [0, 0.05) is 15.8 Å². The van der Waals surface area contributed by atoms with Crippen LogP contribution in [0.15, 0.2) is 52.7 Å². The van der Waals surface area contributed by atoms with E-state index in [4.69, 9.17) is 4.74 Å². The summed E-state index contributed by atoms with van der Waals surface area (Å²) < 4.78 is 5.13. The average molecular weight is 385 g/mol. The van der Waals surface area contributed by atoms with Crippen molar-refractivity contribution >= 4 is 34.1 Å². The van der Waals surface area contributed by atoms with Crippen molar-refractivity contribution in [3.05, 3.63) is 59.0 Å². The van der Waals surface area contributed by atoms with Crippen molar-refractivity contribution in [1.29, 1.82) is 0 Å². The van der Waals surface area contributed by atoms with Crippen molar-refractivity contribution in [1.82, 2.24) is 4.98 Å². The molecular weight excluding hydrogens is 364 g/mol. The first-order valence-electron chi connectivity index (χ1n) is 8.15. The van der Waals surface area contributed by atoms with Crippen LogP contribution in [0.2, 0.25) is 0 Å². The van der Waals surface area contributed by atoms with Gasteiger partial charge in [-0.15, -0.1) is 23.1 Å². The molecule has 0 saturated heterocycles. The molecule has 6 heteroatoms. The molecule has 0 saturated carbocycles. The fourth-order valence-electron chi connectivity index (χ4n) is 2.53. The van der Waals surface area contributed by atoms with Gasteiger partial charge < -0.3 is 10.1 Å². The summed E-state index contributed by atoms with van der Waals surface area (Å²) in [6, 6.07) is 13.9. The molecule has 0 aliphatic rings. The van der Waals surface area contributed by atoms with Gasteiger partial charge in [0.1, 0.15) is 5.75 Å². The third-order valence-electron chi connectivity index (χ3n) is 3.84. The number of benzene rings is 2. The molecule has 3 rings (SSSR count). The Labute approximate surface area is 161 Å². The summed E-state index contributed by atoms with van der Waals surface area (Å²) in [6.07, 6.45) is 0. The SMILES string of the molecule is COc1ccc(SCC(=O)Nc2nc(-c3ccc(C)cc3C)cs2)cc1. The second-order valence-corrected chi connectivity index (χ2v) is 7.78.